The third-order valence-electron chi connectivity index (χ3n) is 6.30. The second-order valence-electron chi connectivity index (χ2n) is 9.02. The lowest BCUT2D eigenvalue weighted by Gasteiger charge is -2.31. The van der Waals surface area contributed by atoms with Crippen LogP contribution in [-0.2, 0) is 22.7 Å². The van der Waals surface area contributed by atoms with Gasteiger partial charge in [-0.05, 0) is 43.4 Å². The van der Waals surface area contributed by atoms with Gasteiger partial charge in [-0.2, -0.15) is 4.98 Å². The van der Waals surface area contributed by atoms with E-state index < -0.39 is 0 Å². The molecule has 0 radical (unpaired) electrons. The van der Waals surface area contributed by atoms with Crippen molar-refractivity contribution < 1.29 is 14.3 Å². The molecule has 0 bridgehead atoms. The SMILES string of the molecule is COc1cccc(CNC(=O)Cn2cnc3nc(N4CCC[C@@H](C(=O)NC5CC5)C4)sc3c2=O)c1. The predicted octanol–water partition coefficient (Wildman–Crippen LogP) is 1.67. The van der Waals surface area contributed by atoms with Gasteiger partial charge in [0.1, 0.15) is 23.3 Å². The van der Waals surface area contributed by atoms with Crippen molar-refractivity contribution in [3.8, 4) is 5.75 Å². The third kappa shape index (κ3) is 5.45. The van der Waals surface area contributed by atoms with Gasteiger partial charge in [-0.3, -0.25) is 19.0 Å². The molecule has 0 unspecified atom stereocenters. The Morgan fingerprint density at radius 2 is 2.11 bits per heavy atom. The van der Waals surface area contributed by atoms with Crippen molar-refractivity contribution in [1.82, 2.24) is 25.2 Å². The zero-order valence-electron chi connectivity index (χ0n) is 19.5. The molecule has 1 saturated heterocycles. The lowest BCUT2D eigenvalue weighted by atomic mass is 9.97. The Morgan fingerprint density at radius 1 is 1.26 bits per heavy atom. The lowest BCUT2D eigenvalue weighted by molar-refractivity contribution is -0.125. The van der Waals surface area contributed by atoms with Gasteiger partial charge >= 0.3 is 0 Å². The van der Waals surface area contributed by atoms with E-state index in [0.717, 1.165) is 37.8 Å². The molecule has 35 heavy (non-hydrogen) atoms. The van der Waals surface area contributed by atoms with Crippen LogP contribution in [0.1, 0.15) is 31.2 Å². The second-order valence-corrected chi connectivity index (χ2v) is 10.0. The highest BCUT2D eigenvalue weighted by atomic mass is 32.1. The van der Waals surface area contributed by atoms with Crippen LogP contribution >= 0.6 is 11.3 Å². The summed E-state index contributed by atoms with van der Waals surface area (Å²) in [6.45, 7) is 1.56. The van der Waals surface area contributed by atoms with Crippen molar-refractivity contribution in [3.63, 3.8) is 0 Å². The summed E-state index contributed by atoms with van der Waals surface area (Å²) >= 11 is 1.27. The fourth-order valence-electron chi connectivity index (χ4n) is 4.19. The number of anilines is 1. The molecule has 10 nitrogen and oxygen atoms in total. The molecular weight excluding hydrogens is 468 g/mol. The number of rotatable bonds is 8. The van der Waals surface area contributed by atoms with Crippen LogP contribution in [0.3, 0.4) is 0 Å². The Bertz CT molecular complexity index is 1300. The van der Waals surface area contributed by atoms with E-state index >= 15 is 0 Å². The summed E-state index contributed by atoms with van der Waals surface area (Å²) in [5.41, 5.74) is 0.972. The van der Waals surface area contributed by atoms with E-state index in [1.165, 1.54) is 22.2 Å². The average molecular weight is 497 g/mol. The Balaban J connectivity index is 1.24. The fourth-order valence-corrected chi connectivity index (χ4v) is 5.19. The third-order valence-corrected chi connectivity index (χ3v) is 7.39. The van der Waals surface area contributed by atoms with Gasteiger partial charge in [0, 0.05) is 25.7 Å². The van der Waals surface area contributed by atoms with Crippen LogP contribution in [0.15, 0.2) is 35.4 Å². The van der Waals surface area contributed by atoms with Crippen molar-refractivity contribution in [2.75, 3.05) is 25.1 Å². The van der Waals surface area contributed by atoms with Gasteiger partial charge in [0.05, 0.1) is 13.0 Å². The number of hydrogen-bond acceptors (Lipinski definition) is 8. The Labute approximate surface area is 206 Å². The van der Waals surface area contributed by atoms with E-state index in [4.69, 9.17) is 4.74 Å². The number of nitrogens with zero attached hydrogens (tertiary/aromatic N) is 4. The van der Waals surface area contributed by atoms with Crippen molar-refractivity contribution in [2.24, 2.45) is 5.92 Å². The molecule has 2 aliphatic rings. The maximum Gasteiger partial charge on any atom is 0.273 e. The summed E-state index contributed by atoms with van der Waals surface area (Å²) in [4.78, 5) is 48.9. The van der Waals surface area contributed by atoms with E-state index in [1.807, 2.05) is 24.3 Å². The van der Waals surface area contributed by atoms with Gasteiger partial charge in [0.15, 0.2) is 10.8 Å². The zero-order chi connectivity index (χ0) is 24.4. The number of carbonyl (C=O) groups excluding carboxylic acids is 2. The molecule has 3 aromatic rings. The van der Waals surface area contributed by atoms with Crippen LogP contribution in [0, 0.1) is 5.92 Å². The van der Waals surface area contributed by atoms with Gasteiger partial charge in [0.25, 0.3) is 5.56 Å². The number of aromatic nitrogens is 3. The predicted molar refractivity (Wildman–Crippen MR) is 133 cm³/mol. The van der Waals surface area contributed by atoms with Crippen LogP contribution in [0.5, 0.6) is 5.75 Å². The molecule has 184 valence electrons. The molecule has 3 heterocycles. The number of piperidine rings is 1. The molecule has 1 atom stereocenters. The Hall–Kier alpha value is -3.47. The maximum atomic E-state index is 13.0. The van der Waals surface area contributed by atoms with Crippen LogP contribution in [0.25, 0.3) is 10.3 Å². The Morgan fingerprint density at radius 3 is 2.91 bits per heavy atom. The molecule has 5 rings (SSSR count). The molecule has 11 heteroatoms. The quantitative estimate of drug-likeness (QED) is 0.487. The van der Waals surface area contributed by atoms with Gasteiger partial charge in [-0.25, -0.2) is 4.98 Å². The minimum atomic E-state index is -0.296. The number of carbonyl (C=O) groups is 2. The van der Waals surface area contributed by atoms with Gasteiger partial charge < -0.3 is 20.3 Å². The summed E-state index contributed by atoms with van der Waals surface area (Å²) in [5, 5.41) is 6.60. The average Bonchev–Trinajstić information content (AvgIpc) is 3.58. The van der Waals surface area contributed by atoms with Crippen LogP contribution in [0.4, 0.5) is 5.13 Å². The summed E-state index contributed by atoms with van der Waals surface area (Å²) in [5.74, 6) is 0.460. The highest BCUT2D eigenvalue weighted by Crippen LogP contribution is 2.30. The van der Waals surface area contributed by atoms with E-state index in [2.05, 4.69) is 25.5 Å². The number of fused-ring (bicyclic) bond motifs is 1. The highest BCUT2D eigenvalue weighted by Gasteiger charge is 2.31. The van der Waals surface area contributed by atoms with Crippen molar-refractivity contribution in [3.05, 3.63) is 46.5 Å². The van der Waals surface area contributed by atoms with Crippen LogP contribution in [0.2, 0.25) is 0 Å². The molecule has 1 saturated carbocycles. The topological polar surface area (TPSA) is 118 Å². The maximum absolute atomic E-state index is 13.0. The largest absolute Gasteiger partial charge is 0.497 e. The van der Waals surface area contributed by atoms with Crippen LogP contribution in [-0.4, -0.2) is 52.6 Å². The summed E-state index contributed by atoms with van der Waals surface area (Å²) < 4.78 is 6.91. The highest BCUT2D eigenvalue weighted by molar-refractivity contribution is 7.22. The molecule has 2 amide bonds. The monoisotopic (exact) mass is 496 g/mol. The van der Waals surface area contributed by atoms with Crippen molar-refractivity contribution >= 4 is 38.6 Å². The summed E-state index contributed by atoms with van der Waals surface area (Å²) in [6, 6.07) is 7.77. The molecule has 2 fully saturated rings. The minimum Gasteiger partial charge on any atom is -0.497 e. The number of benzene rings is 1. The van der Waals surface area contributed by atoms with E-state index in [-0.39, 0.29) is 29.8 Å². The molecule has 1 aromatic carbocycles. The first-order chi connectivity index (χ1) is 17.0. The van der Waals surface area contributed by atoms with E-state index in [0.29, 0.717) is 40.4 Å². The second kappa shape index (κ2) is 10.0. The first kappa shape index (κ1) is 23.3. The first-order valence-corrected chi connectivity index (χ1v) is 12.6. The van der Waals surface area contributed by atoms with Crippen molar-refractivity contribution in [1.29, 1.82) is 0 Å². The normalized spacial score (nSPS) is 17.9. The molecule has 2 aromatic heterocycles. The molecular formula is C24H28N6O4S. The zero-order valence-corrected chi connectivity index (χ0v) is 20.3. The van der Waals surface area contributed by atoms with Crippen LogP contribution < -0.4 is 25.8 Å². The number of methoxy groups -OCH3 is 1. The van der Waals surface area contributed by atoms with E-state index in [9.17, 15) is 14.4 Å². The van der Waals surface area contributed by atoms with Gasteiger partial charge in [0.2, 0.25) is 11.8 Å². The van der Waals surface area contributed by atoms with Crippen molar-refractivity contribution in [2.45, 2.75) is 44.8 Å². The summed E-state index contributed by atoms with van der Waals surface area (Å²) in [6.07, 6.45) is 5.25. The lowest BCUT2D eigenvalue weighted by Crippen LogP contribution is -2.43. The smallest absolute Gasteiger partial charge is 0.273 e. The number of hydrogen-bond donors (Lipinski definition) is 2. The number of thiazole rings is 1. The van der Waals surface area contributed by atoms with Gasteiger partial charge in [-0.15, -0.1) is 0 Å². The molecule has 0 spiro atoms. The fraction of sp³-hybridized carbons (Fsp3) is 0.458. The van der Waals surface area contributed by atoms with E-state index in [1.54, 1.807) is 7.11 Å². The standard InChI is InChI=1S/C24H28N6O4S/c1-34-18-6-2-4-15(10-18)11-25-19(31)13-30-14-26-21-20(23(30)33)35-24(28-21)29-9-3-5-16(12-29)22(32)27-17-7-8-17/h2,4,6,10,14,16-17H,3,5,7-9,11-13H2,1H3,(H,25,31)(H,27,32)/t16-/m1/s1. The number of nitrogens with one attached hydrogen (secondary N) is 2. The number of amides is 2. The molecule has 1 aliphatic heterocycles. The Kier molecular flexibility index (Phi) is 6.67. The number of ether oxygens (including phenoxy) is 1. The molecule has 2 N–H and O–H groups in total. The summed E-state index contributed by atoms with van der Waals surface area (Å²) in [7, 11) is 1.59. The minimum absolute atomic E-state index is 0.0748. The first-order valence-electron chi connectivity index (χ1n) is 11.8. The van der Waals surface area contributed by atoms with Gasteiger partial charge in [-0.1, -0.05) is 23.5 Å². The molecule has 1 aliphatic carbocycles.